The van der Waals surface area contributed by atoms with E-state index in [1.165, 1.54) is 18.2 Å². The highest BCUT2D eigenvalue weighted by Crippen LogP contribution is 2.28. The molecular weight excluding hydrogens is 245 g/mol. The van der Waals surface area contributed by atoms with Gasteiger partial charge in [0.1, 0.15) is 5.82 Å². The van der Waals surface area contributed by atoms with Crippen molar-refractivity contribution in [3.63, 3.8) is 0 Å². The zero-order chi connectivity index (χ0) is 13.0. The molecule has 0 spiro atoms. The third-order valence-electron chi connectivity index (χ3n) is 2.76. The summed E-state index contributed by atoms with van der Waals surface area (Å²) in [4.78, 5) is 11.1. The SMILES string of the molecule is CCC(C(=O)O)C(NC)c1cc(Cl)ccc1F. The van der Waals surface area contributed by atoms with Crippen LogP contribution in [0.2, 0.25) is 5.02 Å². The molecule has 0 aliphatic rings. The van der Waals surface area contributed by atoms with Crippen LogP contribution in [-0.2, 0) is 4.79 Å². The number of carboxylic acids is 1. The van der Waals surface area contributed by atoms with Crippen molar-refractivity contribution in [1.82, 2.24) is 5.32 Å². The van der Waals surface area contributed by atoms with Gasteiger partial charge < -0.3 is 10.4 Å². The fourth-order valence-corrected chi connectivity index (χ4v) is 2.06. The Hall–Kier alpha value is -1.13. The predicted molar refractivity (Wildman–Crippen MR) is 64.6 cm³/mol. The number of hydrogen-bond acceptors (Lipinski definition) is 2. The summed E-state index contributed by atoms with van der Waals surface area (Å²) in [7, 11) is 1.61. The number of aliphatic carboxylic acids is 1. The normalized spacial score (nSPS) is 14.4. The van der Waals surface area contributed by atoms with Crippen LogP contribution in [-0.4, -0.2) is 18.1 Å². The number of carboxylic acid groups (broad SMARTS) is 1. The van der Waals surface area contributed by atoms with Crippen molar-refractivity contribution in [3.05, 3.63) is 34.6 Å². The second-order valence-electron chi connectivity index (χ2n) is 3.79. The van der Waals surface area contributed by atoms with E-state index in [2.05, 4.69) is 5.32 Å². The van der Waals surface area contributed by atoms with Crippen LogP contribution in [0.3, 0.4) is 0 Å². The van der Waals surface area contributed by atoms with Gasteiger partial charge >= 0.3 is 5.97 Å². The molecule has 94 valence electrons. The Morgan fingerprint density at radius 1 is 1.59 bits per heavy atom. The fraction of sp³-hybridized carbons (Fsp3) is 0.417. The fourth-order valence-electron chi connectivity index (χ4n) is 1.88. The van der Waals surface area contributed by atoms with Gasteiger partial charge in [-0.3, -0.25) is 4.79 Å². The van der Waals surface area contributed by atoms with Gasteiger partial charge in [-0.1, -0.05) is 18.5 Å². The summed E-state index contributed by atoms with van der Waals surface area (Å²) in [6, 6.07) is 3.56. The van der Waals surface area contributed by atoms with Gasteiger partial charge in [-0.05, 0) is 31.7 Å². The van der Waals surface area contributed by atoms with Crippen LogP contribution in [0, 0.1) is 11.7 Å². The number of hydrogen-bond donors (Lipinski definition) is 2. The molecule has 0 bridgehead atoms. The Morgan fingerprint density at radius 2 is 2.24 bits per heavy atom. The predicted octanol–water partition coefficient (Wildman–Crippen LogP) is 2.85. The molecule has 1 rings (SSSR count). The first kappa shape index (κ1) is 13.9. The monoisotopic (exact) mass is 259 g/mol. The highest BCUT2D eigenvalue weighted by Gasteiger charge is 2.28. The quantitative estimate of drug-likeness (QED) is 0.855. The summed E-state index contributed by atoms with van der Waals surface area (Å²) in [5.41, 5.74) is 0.286. The molecule has 0 saturated carbocycles. The van der Waals surface area contributed by atoms with Gasteiger partial charge in [0, 0.05) is 16.6 Å². The van der Waals surface area contributed by atoms with Crippen LogP contribution < -0.4 is 5.32 Å². The minimum atomic E-state index is -0.953. The number of carbonyl (C=O) groups is 1. The maximum Gasteiger partial charge on any atom is 0.308 e. The molecule has 0 aliphatic heterocycles. The Morgan fingerprint density at radius 3 is 2.71 bits per heavy atom. The van der Waals surface area contributed by atoms with Gasteiger partial charge in [0.2, 0.25) is 0 Å². The summed E-state index contributed by atoms with van der Waals surface area (Å²) < 4.78 is 13.7. The molecule has 0 aliphatic carbocycles. The van der Waals surface area contributed by atoms with E-state index in [1.807, 2.05) is 0 Å². The third-order valence-corrected chi connectivity index (χ3v) is 3.00. The molecule has 0 radical (unpaired) electrons. The average Bonchev–Trinajstić information content (AvgIpc) is 2.28. The van der Waals surface area contributed by atoms with Crippen molar-refractivity contribution in [2.45, 2.75) is 19.4 Å². The first-order valence-corrected chi connectivity index (χ1v) is 5.74. The van der Waals surface area contributed by atoms with E-state index in [4.69, 9.17) is 16.7 Å². The molecule has 3 nitrogen and oxygen atoms in total. The van der Waals surface area contributed by atoms with Crippen molar-refractivity contribution < 1.29 is 14.3 Å². The van der Waals surface area contributed by atoms with Crippen molar-refractivity contribution >= 4 is 17.6 Å². The molecule has 1 aromatic rings. The maximum absolute atomic E-state index is 13.7. The summed E-state index contributed by atoms with van der Waals surface area (Å²) in [6.07, 6.45) is 0.410. The molecular formula is C12H15ClFNO2. The summed E-state index contributed by atoms with van der Waals surface area (Å²) in [6.45, 7) is 1.76. The van der Waals surface area contributed by atoms with Crippen LogP contribution in [0.15, 0.2) is 18.2 Å². The average molecular weight is 260 g/mol. The molecule has 0 aromatic heterocycles. The first-order valence-electron chi connectivity index (χ1n) is 5.36. The lowest BCUT2D eigenvalue weighted by atomic mass is 9.90. The largest absolute Gasteiger partial charge is 0.481 e. The zero-order valence-electron chi connectivity index (χ0n) is 9.71. The van der Waals surface area contributed by atoms with Gasteiger partial charge in [-0.25, -0.2) is 4.39 Å². The topological polar surface area (TPSA) is 49.3 Å². The molecule has 0 heterocycles. The van der Waals surface area contributed by atoms with E-state index < -0.39 is 23.7 Å². The molecule has 2 unspecified atom stereocenters. The molecule has 0 fully saturated rings. The molecule has 2 atom stereocenters. The van der Waals surface area contributed by atoms with Gasteiger partial charge in [0.05, 0.1) is 5.92 Å². The zero-order valence-corrected chi connectivity index (χ0v) is 10.5. The van der Waals surface area contributed by atoms with E-state index in [-0.39, 0.29) is 5.56 Å². The van der Waals surface area contributed by atoms with Crippen LogP contribution in [0.25, 0.3) is 0 Å². The van der Waals surface area contributed by atoms with Gasteiger partial charge in [0.15, 0.2) is 0 Å². The lowest BCUT2D eigenvalue weighted by Crippen LogP contribution is -2.31. The van der Waals surface area contributed by atoms with E-state index >= 15 is 0 Å². The molecule has 0 saturated heterocycles. The summed E-state index contributed by atoms with van der Waals surface area (Å²) >= 11 is 5.80. The minimum Gasteiger partial charge on any atom is -0.481 e. The van der Waals surface area contributed by atoms with Gasteiger partial charge in [-0.2, -0.15) is 0 Å². The first-order chi connectivity index (χ1) is 8.01. The number of benzene rings is 1. The van der Waals surface area contributed by atoms with E-state index in [0.29, 0.717) is 11.4 Å². The van der Waals surface area contributed by atoms with E-state index in [0.717, 1.165) is 0 Å². The molecule has 1 aromatic carbocycles. The van der Waals surface area contributed by atoms with Crippen LogP contribution in [0.5, 0.6) is 0 Å². The second kappa shape index (κ2) is 5.98. The summed E-state index contributed by atoms with van der Waals surface area (Å²) in [5.74, 6) is -2.09. The van der Waals surface area contributed by atoms with Crippen LogP contribution in [0.4, 0.5) is 4.39 Å². The third kappa shape index (κ3) is 3.17. The summed E-state index contributed by atoms with van der Waals surface area (Å²) in [5, 5.41) is 12.3. The van der Waals surface area contributed by atoms with Crippen molar-refractivity contribution in [1.29, 1.82) is 0 Å². The number of halogens is 2. The Kier molecular flexibility index (Phi) is 4.90. The van der Waals surface area contributed by atoms with Crippen molar-refractivity contribution in [2.75, 3.05) is 7.05 Å². The number of rotatable bonds is 5. The molecule has 0 amide bonds. The lowest BCUT2D eigenvalue weighted by molar-refractivity contribution is -0.143. The lowest BCUT2D eigenvalue weighted by Gasteiger charge is -2.23. The van der Waals surface area contributed by atoms with Gasteiger partial charge in [0.25, 0.3) is 0 Å². The van der Waals surface area contributed by atoms with E-state index in [9.17, 15) is 9.18 Å². The molecule has 17 heavy (non-hydrogen) atoms. The maximum atomic E-state index is 13.7. The van der Waals surface area contributed by atoms with E-state index in [1.54, 1.807) is 14.0 Å². The number of nitrogens with one attached hydrogen (secondary N) is 1. The molecule has 2 N–H and O–H groups in total. The highest BCUT2D eigenvalue weighted by atomic mass is 35.5. The Bertz CT molecular complexity index is 411. The Labute approximate surface area is 105 Å². The van der Waals surface area contributed by atoms with Crippen molar-refractivity contribution in [3.8, 4) is 0 Å². The molecule has 5 heteroatoms. The minimum absolute atomic E-state index is 0.286. The standard InChI is InChI=1S/C12H15ClFNO2/c1-3-8(12(16)17)11(15-2)9-6-7(13)4-5-10(9)14/h4-6,8,11,15H,3H2,1-2H3,(H,16,17). The van der Waals surface area contributed by atoms with Crippen LogP contribution in [0.1, 0.15) is 24.9 Å². The van der Waals surface area contributed by atoms with Gasteiger partial charge in [-0.15, -0.1) is 0 Å². The smallest absolute Gasteiger partial charge is 0.308 e. The second-order valence-corrected chi connectivity index (χ2v) is 4.22. The highest BCUT2D eigenvalue weighted by molar-refractivity contribution is 6.30. The Balaban J connectivity index is 3.16. The van der Waals surface area contributed by atoms with Crippen LogP contribution >= 0.6 is 11.6 Å². The van der Waals surface area contributed by atoms with Crippen molar-refractivity contribution in [2.24, 2.45) is 5.92 Å².